The molecule has 6 nitrogen and oxygen atoms in total. The summed E-state index contributed by atoms with van der Waals surface area (Å²) in [6.07, 6.45) is 1.44. The number of hydrogen-bond acceptors (Lipinski definition) is 4. The fraction of sp³-hybridized carbons (Fsp3) is 0.250. The van der Waals surface area contributed by atoms with Gasteiger partial charge in [-0.05, 0) is 59.5 Å². The van der Waals surface area contributed by atoms with Crippen LogP contribution in [0.1, 0.15) is 47.2 Å². The maximum Gasteiger partial charge on any atom is 0.291 e. The van der Waals surface area contributed by atoms with E-state index in [1.165, 1.54) is 11.8 Å². The SMILES string of the molecule is CC(C)(C)c1ccc(OCCNC(=O)c2ccc(NC(=O)c3ccco3)cc2)cc1. The van der Waals surface area contributed by atoms with E-state index >= 15 is 0 Å². The van der Waals surface area contributed by atoms with Gasteiger partial charge in [0.25, 0.3) is 11.8 Å². The molecule has 0 unspecified atom stereocenters. The summed E-state index contributed by atoms with van der Waals surface area (Å²) in [5, 5.41) is 5.53. The van der Waals surface area contributed by atoms with E-state index in [1.54, 1.807) is 36.4 Å². The number of ether oxygens (including phenoxy) is 1. The van der Waals surface area contributed by atoms with E-state index in [4.69, 9.17) is 9.15 Å². The molecule has 0 radical (unpaired) electrons. The van der Waals surface area contributed by atoms with E-state index in [2.05, 4.69) is 43.5 Å². The third-order valence-corrected chi connectivity index (χ3v) is 4.53. The lowest BCUT2D eigenvalue weighted by molar-refractivity contribution is 0.0946. The van der Waals surface area contributed by atoms with Gasteiger partial charge in [0.05, 0.1) is 12.8 Å². The number of carbonyl (C=O) groups is 2. The van der Waals surface area contributed by atoms with Gasteiger partial charge in [-0.2, -0.15) is 0 Å². The van der Waals surface area contributed by atoms with Gasteiger partial charge in [-0.25, -0.2) is 0 Å². The Balaban J connectivity index is 1.43. The Morgan fingerprint density at radius 1 is 0.933 bits per heavy atom. The summed E-state index contributed by atoms with van der Waals surface area (Å²) in [5.74, 6) is 0.453. The molecule has 3 aromatic rings. The van der Waals surface area contributed by atoms with Crippen LogP contribution >= 0.6 is 0 Å². The highest BCUT2D eigenvalue weighted by molar-refractivity contribution is 6.02. The zero-order valence-corrected chi connectivity index (χ0v) is 17.4. The van der Waals surface area contributed by atoms with Gasteiger partial charge in [-0.15, -0.1) is 0 Å². The fourth-order valence-electron chi connectivity index (χ4n) is 2.79. The number of anilines is 1. The topological polar surface area (TPSA) is 80.6 Å². The van der Waals surface area contributed by atoms with Gasteiger partial charge in [0.2, 0.25) is 0 Å². The van der Waals surface area contributed by atoms with Crippen molar-refractivity contribution in [1.29, 1.82) is 0 Å². The third-order valence-electron chi connectivity index (χ3n) is 4.53. The molecule has 0 spiro atoms. The number of hydrogen-bond donors (Lipinski definition) is 2. The number of furan rings is 1. The molecule has 0 fully saturated rings. The van der Waals surface area contributed by atoms with E-state index in [1.807, 2.05) is 12.1 Å². The highest BCUT2D eigenvalue weighted by atomic mass is 16.5. The molecule has 0 aliphatic heterocycles. The molecule has 156 valence electrons. The smallest absolute Gasteiger partial charge is 0.291 e. The molecule has 1 aromatic heterocycles. The van der Waals surface area contributed by atoms with E-state index in [0.717, 1.165) is 5.75 Å². The van der Waals surface area contributed by atoms with Crippen molar-refractivity contribution >= 4 is 17.5 Å². The molecule has 2 N–H and O–H groups in total. The van der Waals surface area contributed by atoms with Gasteiger partial charge in [0, 0.05) is 11.3 Å². The molecule has 0 saturated heterocycles. The standard InChI is InChI=1S/C24H26N2O4/c1-24(2,3)18-8-12-20(13-9-18)29-16-14-25-22(27)17-6-10-19(11-7-17)26-23(28)21-5-4-15-30-21/h4-13,15H,14,16H2,1-3H3,(H,25,27)(H,26,28). The molecule has 6 heteroatoms. The summed E-state index contributed by atoms with van der Waals surface area (Å²) < 4.78 is 10.7. The molecule has 1 heterocycles. The highest BCUT2D eigenvalue weighted by Crippen LogP contribution is 2.24. The van der Waals surface area contributed by atoms with Gasteiger partial charge in [0.1, 0.15) is 12.4 Å². The maximum absolute atomic E-state index is 12.3. The van der Waals surface area contributed by atoms with Crippen LogP contribution in [0.15, 0.2) is 71.3 Å². The molecule has 2 aromatic carbocycles. The predicted octanol–water partition coefficient (Wildman–Crippen LogP) is 4.64. The van der Waals surface area contributed by atoms with Crippen molar-refractivity contribution in [3.63, 3.8) is 0 Å². The molecule has 0 bridgehead atoms. The number of nitrogens with one attached hydrogen (secondary N) is 2. The second-order valence-electron chi connectivity index (χ2n) is 7.89. The average Bonchev–Trinajstić information content (AvgIpc) is 3.26. The first-order valence-corrected chi connectivity index (χ1v) is 9.79. The highest BCUT2D eigenvalue weighted by Gasteiger charge is 2.13. The first kappa shape index (κ1) is 21.2. The average molecular weight is 406 g/mol. The maximum atomic E-state index is 12.3. The molecular weight excluding hydrogens is 380 g/mol. The van der Waals surface area contributed by atoms with Gasteiger partial charge in [0.15, 0.2) is 5.76 Å². The summed E-state index contributed by atoms with van der Waals surface area (Å²) in [7, 11) is 0. The second-order valence-corrected chi connectivity index (χ2v) is 7.89. The Labute approximate surface area is 176 Å². The summed E-state index contributed by atoms with van der Waals surface area (Å²) >= 11 is 0. The Kier molecular flexibility index (Phi) is 6.57. The van der Waals surface area contributed by atoms with Crippen molar-refractivity contribution in [2.75, 3.05) is 18.5 Å². The number of amides is 2. The van der Waals surface area contributed by atoms with Gasteiger partial charge in [-0.3, -0.25) is 9.59 Å². The molecule has 30 heavy (non-hydrogen) atoms. The first-order chi connectivity index (χ1) is 14.3. The molecule has 3 rings (SSSR count). The van der Waals surface area contributed by atoms with Crippen molar-refractivity contribution in [1.82, 2.24) is 5.32 Å². The molecule has 0 atom stereocenters. The van der Waals surface area contributed by atoms with Crippen LogP contribution in [0.3, 0.4) is 0 Å². The van der Waals surface area contributed by atoms with Gasteiger partial charge >= 0.3 is 0 Å². The lowest BCUT2D eigenvalue weighted by atomic mass is 9.87. The molecular formula is C24H26N2O4. The first-order valence-electron chi connectivity index (χ1n) is 9.79. The largest absolute Gasteiger partial charge is 0.492 e. The molecule has 0 aliphatic rings. The van der Waals surface area contributed by atoms with Gasteiger partial charge in [-0.1, -0.05) is 32.9 Å². The summed E-state index contributed by atoms with van der Waals surface area (Å²) in [4.78, 5) is 24.2. The van der Waals surface area contributed by atoms with Crippen molar-refractivity contribution in [2.45, 2.75) is 26.2 Å². The van der Waals surface area contributed by atoms with E-state index in [-0.39, 0.29) is 23.0 Å². The van der Waals surface area contributed by atoms with Crippen molar-refractivity contribution < 1.29 is 18.7 Å². The van der Waals surface area contributed by atoms with Crippen LogP contribution in [0, 0.1) is 0 Å². The minimum Gasteiger partial charge on any atom is -0.492 e. The Bertz CT molecular complexity index is 970. The Hall–Kier alpha value is -3.54. The lowest BCUT2D eigenvalue weighted by Crippen LogP contribution is -2.28. The molecule has 0 aliphatic carbocycles. The summed E-state index contributed by atoms with van der Waals surface area (Å²) in [5.41, 5.74) is 2.42. The monoisotopic (exact) mass is 406 g/mol. The van der Waals surface area contributed by atoms with E-state index < -0.39 is 0 Å². The molecule has 2 amide bonds. The second kappa shape index (κ2) is 9.31. The zero-order chi connectivity index (χ0) is 21.6. The van der Waals surface area contributed by atoms with Crippen LogP contribution in [-0.4, -0.2) is 25.0 Å². The number of carbonyl (C=O) groups excluding carboxylic acids is 2. The van der Waals surface area contributed by atoms with Crippen molar-refractivity contribution in [2.24, 2.45) is 0 Å². The van der Waals surface area contributed by atoms with Gasteiger partial charge < -0.3 is 19.8 Å². The predicted molar refractivity (Wildman–Crippen MR) is 116 cm³/mol. The van der Waals surface area contributed by atoms with E-state index in [0.29, 0.717) is 24.4 Å². The van der Waals surface area contributed by atoms with Crippen LogP contribution in [0.5, 0.6) is 5.75 Å². The minimum atomic E-state index is -0.343. The quantitative estimate of drug-likeness (QED) is 0.560. The molecule has 0 saturated carbocycles. The third kappa shape index (κ3) is 5.73. The van der Waals surface area contributed by atoms with Crippen LogP contribution in [0.2, 0.25) is 0 Å². The number of rotatable bonds is 7. The van der Waals surface area contributed by atoms with Crippen LogP contribution in [0.25, 0.3) is 0 Å². The van der Waals surface area contributed by atoms with Crippen LogP contribution in [0.4, 0.5) is 5.69 Å². The minimum absolute atomic E-state index is 0.101. The summed E-state index contributed by atoms with van der Waals surface area (Å²) in [6.45, 7) is 7.25. The van der Waals surface area contributed by atoms with Crippen LogP contribution in [-0.2, 0) is 5.41 Å². The Morgan fingerprint density at radius 2 is 1.63 bits per heavy atom. The number of benzene rings is 2. The normalized spacial score (nSPS) is 11.0. The van der Waals surface area contributed by atoms with Crippen LogP contribution < -0.4 is 15.4 Å². The Morgan fingerprint density at radius 3 is 2.23 bits per heavy atom. The summed E-state index contributed by atoms with van der Waals surface area (Å²) in [6, 6.07) is 17.9. The van der Waals surface area contributed by atoms with Crippen molar-refractivity contribution in [3.8, 4) is 5.75 Å². The lowest BCUT2D eigenvalue weighted by Gasteiger charge is -2.19. The van der Waals surface area contributed by atoms with Crippen molar-refractivity contribution in [3.05, 3.63) is 83.8 Å². The fourth-order valence-corrected chi connectivity index (χ4v) is 2.79. The van der Waals surface area contributed by atoms with E-state index in [9.17, 15) is 9.59 Å². The zero-order valence-electron chi connectivity index (χ0n) is 17.4.